The number of aromatic nitrogens is 2. The van der Waals surface area contributed by atoms with Crippen LogP contribution in [0.4, 0.5) is 9.18 Å². The number of nitrogens with one attached hydrogen (secondary N) is 1. The number of halogens is 2. The number of hydrogen-bond donors (Lipinski definition) is 2. The van der Waals surface area contributed by atoms with E-state index in [0.717, 1.165) is 38.5 Å². The summed E-state index contributed by atoms with van der Waals surface area (Å²) in [4.78, 5) is 20.4. The van der Waals surface area contributed by atoms with Crippen molar-refractivity contribution in [2.45, 2.75) is 31.7 Å². The molecule has 0 radical (unpaired) electrons. The van der Waals surface area contributed by atoms with Gasteiger partial charge in [-0.1, -0.05) is 0 Å². The number of carboxylic acid groups (broad SMARTS) is 1. The van der Waals surface area contributed by atoms with Crippen LogP contribution < -0.4 is 5.32 Å². The number of rotatable bonds is 2. The fraction of sp³-hybridized carbons (Fsp3) is 0.667. The zero-order valence-electron chi connectivity index (χ0n) is 12.7. The van der Waals surface area contributed by atoms with E-state index in [1.165, 1.54) is 4.90 Å². The predicted octanol–water partition coefficient (Wildman–Crippen LogP) is 2.70. The third-order valence-electron chi connectivity index (χ3n) is 5.00. The van der Waals surface area contributed by atoms with Crippen LogP contribution in [0, 0.1) is 17.7 Å². The van der Waals surface area contributed by atoms with Gasteiger partial charge in [0.2, 0.25) is 5.28 Å². The lowest BCUT2D eigenvalue weighted by atomic mass is 9.76. The van der Waals surface area contributed by atoms with Crippen molar-refractivity contribution in [3.05, 3.63) is 23.0 Å². The topological polar surface area (TPSA) is 78.4 Å². The highest BCUT2D eigenvalue weighted by Gasteiger charge is 2.38. The van der Waals surface area contributed by atoms with Gasteiger partial charge >= 0.3 is 6.09 Å². The molecule has 2 aliphatic heterocycles. The van der Waals surface area contributed by atoms with Gasteiger partial charge in [0.15, 0.2) is 5.82 Å². The summed E-state index contributed by atoms with van der Waals surface area (Å²) >= 11 is 5.79. The zero-order valence-corrected chi connectivity index (χ0v) is 13.5. The molecule has 3 rings (SSSR count). The molecule has 6 nitrogen and oxygen atoms in total. The van der Waals surface area contributed by atoms with Gasteiger partial charge in [0.05, 0.1) is 12.2 Å². The molecule has 0 bridgehead atoms. The Labute approximate surface area is 139 Å². The number of nitrogens with zero attached hydrogens (tertiary/aromatic N) is 3. The molecule has 1 aromatic rings. The van der Waals surface area contributed by atoms with E-state index in [-0.39, 0.29) is 11.0 Å². The summed E-state index contributed by atoms with van der Waals surface area (Å²) in [5.41, 5.74) is 0.0889. The summed E-state index contributed by atoms with van der Waals surface area (Å²) < 4.78 is 14.1. The second kappa shape index (κ2) is 6.97. The van der Waals surface area contributed by atoms with Crippen LogP contribution in [-0.4, -0.2) is 45.7 Å². The lowest BCUT2D eigenvalue weighted by molar-refractivity contribution is 0.0657. The first-order valence-electron chi connectivity index (χ1n) is 7.94. The van der Waals surface area contributed by atoms with Gasteiger partial charge in [0, 0.05) is 6.54 Å². The van der Waals surface area contributed by atoms with E-state index in [1.807, 2.05) is 0 Å². The molecule has 2 fully saturated rings. The molecule has 3 heterocycles. The Morgan fingerprint density at radius 3 is 2.78 bits per heavy atom. The van der Waals surface area contributed by atoms with E-state index in [9.17, 15) is 14.3 Å². The molecule has 2 atom stereocenters. The number of piperidine rings is 2. The van der Waals surface area contributed by atoms with Gasteiger partial charge in [-0.05, 0) is 62.2 Å². The largest absolute Gasteiger partial charge is 0.465 e. The lowest BCUT2D eigenvalue weighted by Gasteiger charge is -2.41. The van der Waals surface area contributed by atoms with Crippen molar-refractivity contribution >= 4 is 17.7 Å². The molecule has 0 spiro atoms. The Bertz CT molecular complexity index is 583. The Kier molecular flexibility index (Phi) is 4.96. The Hall–Kier alpha value is -1.47. The Balaban J connectivity index is 1.85. The van der Waals surface area contributed by atoms with Gasteiger partial charge in [0.25, 0.3) is 0 Å². The van der Waals surface area contributed by atoms with E-state index in [1.54, 1.807) is 0 Å². The van der Waals surface area contributed by atoms with Crippen LogP contribution in [0.15, 0.2) is 6.20 Å². The summed E-state index contributed by atoms with van der Waals surface area (Å²) in [5.74, 6) is 0.331. The van der Waals surface area contributed by atoms with Crippen molar-refractivity contribution in [3.63, 3.8) is 0 Å². The van der Waals surface area contributed by atoms with Crippen molar-refractivity contribution in [2.24, 2.45) is 11.8 Å². The highest BCUT2D eigenvalue weighted by atomic mass is 35.5. The smallest absolute Gasteiger partial charge is 0.407 e. The summed E-state index contributed by atoms with van der Waals surface area (Å²) in [5, 5.41) is 12.7. The van der Waals surface area contributed by atoms with Crippen LogP contribution in [0.5, 0.6) is 0 Å². The molecule has 2 N–H and O–H groups in total. The maximum absolute atomic E-state index is 14.1. The maximum atomic E-state index is 14.1. The quantitative estimate of drug-likeness (QED) is 0.808. The molecule has 0 saturated carbocycles. The average Bonchev–Trinajstić information content (AvgIpc) is 2.57. The fourth-order valence-corrected chi connectivity index (χ4v) is 3.96. The van der Waals surface area contributed by atoms with Crippen LogP contribution in [-0.2, 0) is 0 Å². The number of likely N-dealkylation sites (tertiary alicyclic amines) is 1. The highest BCUT2D eigenvalue weighted by Crippen LogP contribution is 2.40. The van der Waals surface area contributed by atoms with Crippen molar-refractivity contribution in [2.75, 3.05) is 19.6 Å². The van der Waals surface area contributed by atoms with Crippen molar-refractivity contribution in [1.29, 1.82) is 0 Å². The first kappa shape index (κ1) is 16.4. The molecule has 23 heavy (non-hydrogen) atoms. The molecular weight excluding hydrogens is 323 g/mol. The first-order valence-corrected chi connectivity index (χ1v) is 8.32. The summed E-state index contributed by atoms with van der Waals surface area (Å²) in [6, 6.07) is -0.596. The molecule has 0 aromatic carbocycles. The SMILES string of the molecule is O=C(O)N1CCC(C2CCNCC2)C[C@@H]1c1nc(Cl)ncc1F. The molecule has 0 aliphatic carbocycles. The van der Waals surface area contributed by atoms with Crippen molar-refractivity contribution in [1.82, 2.24) is 20.2 Å². The minimum Gasteiger partial charge on any atom is -0.465 e. The number of carbonyl (C=O) groups is 1. The predicted molar refractivity (Wildman–Crippen MR) is 82.8 cm³/mol. The third kappa shape index (κ3) is 3.55. The van der Waals surface area contributed by atoms with Gasteiger partial charge in [-0.15, -0.1) is 0 Å². The van der Waals surface area contributed by atoms with E-state index >= 15 is 0 Å². The van der Waals surface area contributed by atoms with Crippen LogP contribution in [0.1, 0.15) is 37.4 Å². The lowest BCUT2D eigenvalue weighted by Crippen LogP contribution is -2.44. The van der Waals surface area contributed by atoms with E-state index in [2.05, 4.69) is 15.3 Å². The normalized spacial score (nSPS) is 26.3. The second-order valence-electron chi connectivity index (χ2n) is 6.24. The summed E-state index contributed by atoms with van der Waals surface area (Å²) in [7, 11) is 0. The monoisotopic (exact) mass is 342 g/mol. The van der Waals surface area contributed by atoms with Crippen LogP contribution in [0.3, 0.4) is 0 Å². The number of amides is 1. The van der Waals surface area contributed by atoms with E-state index in [4.69, 9.17) is 11.6 Å². The molecule has 2 saturated heterocycles. The minimum atomic E-state index is -1.05. The Morgan fingerprint density at radius 2 is 2.09 bits per heavy atom. The summed E-state index contributed by atoms with van der Waals surface area (Å²) in [6.07, 6.45) is 3.52. The van der Waals surface area contributed by atoms with Crippen LogP contribution in [0.25, 0.3) is 0 Å². The molecule has 8 heteroatoms. The van der Waals surface area contributed by atoms with Crippen molar-refractivity contribution < 1.29 is 14.3 Å². The average molecular weight is 343 g/mol. The van der Waals surface area contributed by atoms with Crippen LogP contribution >= 0.6 is 11.6 Å². The minimum absolute atomic E-state index is 0.0595. The molecule has 1 amide bonds. The number of hydrogen-bond acceptors (Lipinski definition) is 4. The molecular formula is C15H20ClFN4O2. The third-order valence-corrected chi connectivity index (χ3v) is 5.18. The zero-order chi connectivity index (χ0) is 16.4. The van der Waals surface area contributed by atoms with E-state index < -0.39 is 18.0 Å². The van der Waals surface area contributed by atoms with E-state index in [0.29, 0.717) is 24.8 Å². The fourth-order valence-electron chi connectivity index (χ4n) is 3.82. The molecule has 2 aliphatic rings. The molecule has 1 unspecified atom stereocenters. The van der Waals surface area contributed by atoms with Gasteiger partial charge in [-0.3, -0.25) is 4.90 Å². The van der Waals surface area contributed by atoms with Gasteiger partial charge in [0.1, 0.15) is 5.69 Å². The summed E-state index contributed by atoms with van der Waals surface area (Å²) in [6.45, 7) is 2.38. The standard InChI is InChI=1S/C15H20ClFN4O2/c16-14-19-8-11(17)13(20-14)12-7-10(3-6-21(12)15(22)23)9-1-4-18-5-2-9/h8-10,12,18H,1-7H2,(H,22,23)/t10?,12-/m1/s1. The molecule has 126 valence electrons. The highest BCUT2D eigenvalue weighted by molar-refractivity contribution is 6.28. The second-order valence-corrected chi connectivity index (χ2v) is 6.57. The van der Waals surface area contributed by atoms with Gasteiger partial charge in [-0.2, -0.15) is 0 Å². The van der Waals surface area contributed by atoms with Crippen molar-refractivity contribution in [3.8, 4) is 0 Å². The van der Waals surface area contributed by atoms with Gasteiger partial charge < -0.3 is 10.4 Å². The Morgan fingerprint density at radius 1 is 1.35 bits per heavy atom. The molecule has 1 aromatic heterocycles. The maximum Gasteiger partial charge on any atom is 0.407 e. The van der Waals surface area contributed by atoms with Crippen LogP contribution in [0.2, 0.25) is 5.28 Å². The van der Waals surface area contributed by atoms with Gasteiger partial charge in [-0.25, -0.2) is 19.2 Å². The first-order chi connectivity index (χ1) is 11.1.